The van der Waals surface area contributed by atoms with E-state index in [1.165, 1.54) is 12.1 Å². The maximum atomic E-state index is 12.0. The fraction of sp³-hybridized carbons (Fsp3) is 0.125. The van der Waals surface area contributed by atoms with E-state index in [9.17, 15) is 13.2 Å². The Hall–Kier alpha value is -1.63. The van der Waals surface area contributed by atoms with Gasteiger partial charge in [0.2, 0.25) is 0 Å². The first-order valence-corrected chi connectivity index (χ1v) is 4.30. The van der Waals surface area contributed by atoms with Crippen LogP contribution in [0.4, 0.5) is 18.9 Å². The number of hydrogen-bond acceptors (Lipinski definition) is 2. The van der Waals surface area contributed by atoms with Crippen molar-refractivity contribution < 1.29 is 17.9 Å². The zero-order valence-electron chi connectivity index (χ0n) is 7.75. The number of benzene rings is 1. The molecular formula is C8H7ClF3N3O. The molecule has 0 heterocycles. The summed E-state index contributed by atoms with van der Waals surface area (Å²) in [6.45, 7) is 0. The van der Waals surface area contributed by atoms with Gasteiger partial charge in [0.25, 0.3) is 0 Å². The summed E-state index contributed by atoms with van der Waals surface area (Å²) in [5.74, 6) is -0.942. The van der Waals surface area contributed by atoms with Crippen LogP contribution in [0, 0.1) is 0 Å². The van der Waals surface area contributed by atoms with E-state index in [-0.39, 0.29) is 16.7 Å². The molecular weight excluding hydrogens is 247 g/mol. The molecule has 0 bridgehead atoms. The first kappa shape index (κ1) is 12.4. The monoisotopic (exact) mass is 253 g/mol. The summed E-state index contributed by atoms with van der Waals surface area (Å²) in [4.78, 5) is 3.47. The molecule has 4 nitrogen and oxygen atoms in total. The number of rotatable bonds is 2. The van der Waals surface area contributed by atoms with E-state index >= 15 is 0 Å². The van der Waals surface area contributed by atoms with Gasteiger partial charge in [-0.2, -0.15) is 0 Å². The molecule has 0 saturated carbocycles. The average molecular weight is 254 g/mol. The van der Waals surface area contributed by atoms with Crippen LogP contribution >= 0.6 is 11.6 Å². The lowest BCUT2D eigenvalue weighted by atomic mass is 10.3. The Morgan fingerprint density at radius 1 is 1.31 bits per heavy atom. The van der Waals surface area contributed by atoms with Crippen LogP contribution in [-0.4, -0.2) is 12.3 Å². The molecule has 0 aliphatic rings. The third-order valence-corrected chi connectivity index (χ3v) is 1.63. The fourth-order valence-corrected chi connectivity index (χ4v) is 1.09. The van der Waals surface area contributed by atoms with Crippen molar-refractivity contribution in [2.75, 3.05) is 0 Å². The topological polar surface area (TPSA) is 73.6 Å². The lowest BCUT2D eigenvalue weighted by Crippen LogP contribution is -2.22. The predicted octanol–water partition coefficient (Wildman–Crippen LogP) is 2.14. The van der Waals surface area contributed by atoms with Crippen LogP contribution in [-0.2, 0) is 0 Å². The van der Waals surface area contributed by atoms with Gasteiger partial charge in [0.05, 0.1) is 0 Å². The number of nitrogens with zero attached hydrogens (tertiary/aromatic N) is 1. The van der Waals surface area contributed by atoms with Gasteiger partial charge in [0, 0.05) is 11.1 Å². The molecule has 0 spiro atoms. The zero-order chi connectivity index (χ0) is 12.3. The van der Waals surface area contributed by atoms with Crippen LogP contribution in [0.3, 0.4) is 0 Å². The second-order valence-corrected chi connectivity index (χ2v) is 3.13. The number of nitrogens with two attached hydrogens (primary N) is 2. The molecule has 0 aliphatic carbocycles. The van der Waals surface area contributed by atoms with Crippen molar-refractivity contribution in [3.05, 3.63) is 23.2 Å². The highest BCUT2D eigenvalue weighted by atomic mass is 35.5. The van der Waals surface area contributed by atoms with Crippen LogP contribution in [0.1, 0.15) is 0 Å². The number of hydrogen-bond donors (Lipinski definition) is 2. The first-order valence-electron chi connectivity index (χ1n) is 3.93. The lowest BCUT2D eigenvalue weighted by Gasteiger charge is -2.11. The van der Waals surface area contributed by atoms with Crippen LogP contribution in [0.25, 0.3) is 0 Å². The van der Waals surface area contributed by atoms with Gasteiger partial charge in [-0.15, -0.1) is 13.2 Å². The number of halogens is 4. The predicted molar refractivity (Wildman–Crippen MR) is 53.6 cm³/mol. The molecule has 1 aromatic carbocycles. The molecule has 16 heavy (non-hydrogen) atoms. The van der Waals surface area contributed by atoms with Gasteiger partial charge in [-0.1, -0.05) is 11.6 Å². The smallest absolute Gasteiger partial charge is 0.403 e. The summed E-state index contributed by atoms with van der Waals surface area (Å²) in [6.07, 6.45) is -4.84. The molecule has 0 aliphatic heterocycles. The summed E-state index contributed by atoms with van der Waals surface area (Å²) in [5.41, 5.74) is 9.96. The van der Waals surface area contributed by atoms with Crippen molar-refractivity contribution >= 4 is 23.2 Å². The highest BCUT2D eigenvalue weighted by Crippen LogP contribution is 2.34. The third-order valence-electron chi connectivity index (χ3n) is 1.40. The van der Waals surface area contributed by atoms with Crippen molar-refractivity contribution in [3.63, 3.8) is 0 Å². The lowest BCUT2D eigenvalue weighted by molar-refractivity contribution is -0.274. The normalized spacial score (nSPS) is 11.0. The molecule has 1 rings (SSSR count). The highest BCUT2D eigenvalue weighted by molar-refractivity contribution is 6.30. The molecule has 0 saturated heterocycles. The Labute approximate surface area is 93.6 Å². The number of alkyl halides is 3. The quantitative estimate of drug-likeness (QED) is 0.626. The molecule has 0 fully saturated rings. The molecule has 0 amide bonds. The van der Waals surface area contributed by atoms with Crippen molar-refractivity contribution in [1.29, 1.82) is 0 Å². The van der Waals surface area contributed by atoms with Gasteiger partial charge < -0.3 is 16.2 Å². The van der Waals surface area contributed by atoms with Gasteiger partial charge >= 0.3 is 6.36 Å². The van der Waals surface area contributed by atoms with Crippen molar-refractivity contribution in [3.8, 4) is 5.75 Å². The van der Waals surface area contributed by atoms with Crippen molar-refractivity contribution in [1.82, 2.24) is 0 Å². The van der Waals surface area contributed by atoms with Crippen LogP contribution in [0.5, 0.6) is 5.75 Å². The minimum Gasteiger partial charge on any atom is -0.403 e. The SMILES string of the molecule is NC(N)=Nc1ccc(Cl)cc1OC(F)(F)F. The first-order chi connectivity index (χ1) is 7.28. The molecule has 0 aromatic heterocycles. The Kier molecular flexibility index (Phi) is 3.48. The minimum absolute atomic E-state index is 0.0776. The largest absolute Gasteiger partial charge is 0.573 e. The Morgan fingerprint density at radius 3 is 2.44 bits per heavy atom. The summed E-state index contributed by atoms with van der Waals surface area (Å²) in [7, 11) is 0. The Morgan fingerprint density at radius 2 is 1.94 bits per heavy atom. The summed E-state index contributed by atoms with van der Waals surface area (Å²) in [5, 5.41) is 0.0776. The van der Waals surface area contributed by atoms with Crippen LogP contribution < -0.4 is 16.2 Å². The number of ether oxygens (including phenoxy) is 1. The molecule has 0 radical (unpaired) electrons. The number of aliphatic imine (C=N–C) groups is 1. The van der Waals surface area contributed by atoms with E-state index in [0.717, 1.165) is 6.07 Å². The van der Waals surface area contributed by atoms with Crippen LogP contribution in [0.15, 0.2) is 23.2 Å². The van der Waals surface area contributed by atoms with Gasteiger partial charge in [-0.3, -0.25) is 0 Å². The summed E-state index contributed by atoms with van der Waals surface area (Å²) < 4.78 is 39.8. The van der Waals surface area contributed by atoms with Gasteiger partial charge in [0.15, 0.2) is 11.7 Å². The summed E-state index contributed by atoms with van der Waals surface area (Å²) >= 11 is 5.52. The van der Waals surface area contributed by atoms with E-state index in [4.69, 9.17) is 23.1 Å². The Bertz CT molecular complexity index is 415. The molecule has 0 unspecified atom stereocenters. The van der Waals surface area contributed by atoms with E-state index in [0.29, 0.717) is 0 Å². The molecule has 1 aromatic rings. The maximum Gasteiger partial charge on any atom is 0.573 e. The van der Waals surface area contributed by atoms with E-state index in [1.807, 2.05) is 0 Å². The van der Waals surface area contributed by atoms with Crippen LogP contribution in [0.2, 0.25) is 5.02 Å². The molecule has 0 atom stereocenters. The maximum absolute atomic E-state index is 12.0. The van der Waals surface area contributed by atoms with E-state index < -0.39 is 12.1 Å². The second-order valence-electron chi connectivity index (χ2n) is 2.70. The Balaban J connectivity index is 3.13. The molecule has 4 N–H and O–H groups in total. The second kappa shape index (κ2) is 4.48. The van der Waals surface area contributed by atoms with Gasteiger partial charge in [0.1, 0.15) is 5.69 Å². The highest BCUT2D eigenvalue weighted by Gasteiger charge is 2.32. The van der Waals surface area contributed by atoms with Gasteiger partial charge in [-0.05, 0) is 12.1 Å². The van der Waals surface area contributed by atoms with Gasteiger partial charge in [-0.25, -0.2) is 4.99 Å². The standard InChI is InChI=1S/C8H7ClF3N3O/c9-4-1-2-5(15-7(13)14)6(3-4)16-8(10,11)12/h1-3H,(H4,13,14,15). The van der Waals surface area contributed by atoms with Crippen molar-refractivity contribution in [2.24, 2.45) is 16.5 Å². The average Bonchev–Trinajstić information content (AvgIpc) is 2.06. The molecule has 8 heteroatoms. The fourth-order valence-electron chi connectivity index (χ4n) is 0.926. The summed E-state index contributed by atoms with van der Waals surface area (Å²) in [6, 6.07) is 3.52. The minimum atomic E-state index is -4.84. The number of guanidine groups is 1. The zero-order valence-corrected chi connectivity index (χ0v) is 8.51. The van der Waals surface area contributed by atoms with Crippen molar-refractivity contribution in [2.45, 2.75) is 6.36 Å². The molecule has 88 valence electrons. The third kappa shape index (κ3) is 3.85. The van der Waals surface area contributed by atoms with E-state index in [1.54, 1.807) is 0 Å². The van der Waals surface area contributed by atoms with E-state index in [2.05, 4.69) is 9.73 Å².